The van der Waals surface area contributed by atoms with Gasteiger partial charge in [0.1, 0.15) is 0 Å². The zero-order valence-corrected chi connectivity index (χ0v) is 37.9. The van der Waals surface area contributed by atoms with Gasteiger partial charge in [-0.2, -0.15) is 0 Å². The lowest BCUT2D eigenvalue weighted by molar-refractivity contribution is 1.29. The maximum absolute atomic E-state index is 2.47. The average molecular weight is 876 g/mol. The van der Waals surface area contributed by atoms with E-state index in [0.29, 0.717) is 0 Å². The van der Waals surface area contributed by atoms with E-state index in [9.17, 15) is 0 Å². The Morgan fingerprint density at radius 3 is 0.899 bits per heavy atom. The monoisotopic (exact) mass is 875 g/mol. The van der Waals surface area contributed by atoms with Crippen LogP contribution >= 0.6 is 0 Å². The molecule has 0 saturated carbocycles. The van der Waals surface area contributed by atoms with Gasteiger partial charge in [-0.15, -0.1) is 0 Å². The maximum Gasteiger partial charge on any atom is 0.0468 e. The van der Waals surface area contributed by atoms with Crippen molar-refractivity contribution in [1.82, 2.24) is 0 Å². The van der Waals surface area contributed by atoms with Crippen molar-refractivity contribution >= 4 is 38.6 Å². The van der Waals surface area contributed by atoms with Crippen LogP contribution in [-0.2, 0) is 0 Å². The molecule has 0 aromatic heterocycles. The van der Waals surface area contributed by atoms with Crippen molar-refractivity contribution in [1.29, 1.82) is 0 Å². The van der Waals surface area contributed by atoms with Gasteiger partial charge in [0.15, 0.2) is 0 Å². The van der Waals surface area contributed by atoms with E-state index in [-0.39, 0.29) is 0 Å². The third-order valence-electron chi connectivity index (χ3n) is 14.0. The van der Waals surface area contributed by atoms with E-state index in [2.05, 4.69) is 278 Å². The van der Waals surface area contributed by atoms with Gasteiger partial charge in [-0.25, -0.2) is 0 Å². The van der Waals surface area contributed by atoms with Crippen LogP contribution < -0.4 is 4.90 Å². The van der Waals surface area contributed by atoms with Crippen LogP contribution in [0.2, 0.25) is 0 Å². The summed E-state index contributed by atoms with van der Waals surface area (Å²) in [6.45, 7) is 0. The summed E-state index contributed by atoms with van der Waals surface area (Å²) in [6.07, 6.45) is 0. The number of hydrogen-bond donors (Lipinski definition) is 0. The van der Waals surface area contributed by atoms with E-state index in [1.165, 1.54) is 111 Å². The summed E-state index contributed by atoms with van der Waals surface area (Å²) in [7, 11) is 0. The minimum atomic E-state index is 1.11. The van der Waals surface area contributed by atoms with Crippen LogP contribution in [0.15, 0.2) is 273 Å². The zero-order valence-electron chi connectivity index (χ0n) is 37.9. The smallest absolute Gasteiger partial charge is 0.0468 e. The molecule has 322 valence electrons. The van der Waals surface area contributed by atoms with Crippen LogP contribution in [0.1, 0.15) is 0 Å². The number of nitrogens with zero attached hydrogens (tertiary/aromatic N) is 1. The predicted molar refractivity (Wildman–Crippen MR) is 293 cm³/mol. The second-order valence-electron chi connectivity index (χ2n) is 17.9. The van der Waals surface area contributed by atoms with Gasteiger partial charge in [-0.05, 0) is 159 Å². The molecule has 0 bridgehead atoms. The van der Waals surface area contributed by atoms with Crippen LogP contribution in [-0.4, -0.2) is 0 Å². The normalized spacial score (nSPS) is 11.5. The molecule has 0 radical (unpaired) electrons. The lowest BCUT2D eigenvalue weighted by Crippen LogP contribution is -2.10. The molecule has 1 aliphatic rings. The molecule has 0 amide bonds. The molecule has 0 aliphatic heterocycles. The van der Waals surface area contributed by atoms with Crippen LogP contribution in [0.5, 0.6) is 0 Å². The van der Waals surface area contributed by atoms with Gasteiger partial charge in [-0.3, -0.25) is 0 Å². The molecule has 0 unspecified atom stereocenters. The molecule has 1 aliphatic carbocycles. The van der Waals surface area contributed by atoms with Gasteiger partial charge in [0.05, 0.1) is 0 Å². The predicted octanol–water partition coefficient (Wildman–Crippen LogP) is 19.1. The van der Waals surface area contributed by atoms with Gasteiger partial charge >= 0.3 is 0 Å². The summed E-state index contributed by atoms with van der Waals surface area (Å²) in [5, 5.41) is 4.87. The SMILES string of the molecule is c1ccc(-c2cccc(-c3ccccc3)c2-c2c3c(c(-c4c(-c5ccccc5)cccc4-c4ccccc4)c4ccccc24)-c2cc4cc(N(c5ccccc5)c5ccccc5)ccc4cc2-3)cc1. The summed E-state index contributed by atoms with van der Waals surface area (Å²) in [5.41, 5.74) is 23.1. The van der Waals surface area contributed by atoms with Crippen molar-refractivity contribution in [2.24, 2.45) is 0 Å². The van der Waals surface area contributed by atoms with Gasteiger partial charge in [0, 0.05) is 17.1 Å². The van der Waals surface area contributed by atoms with E-state index in [0.717, 1.165) is 17.1 Å². The van der Waals surface area contributed by atoms with E-state index in [1.54, 1.807) is 0 Å². The average Bonchev–Trinajstić information content (AvgIpc) is 3.43. The first-order valence-electron chi connectivity index (χ1n) is 23.8. The van der Waals surface area contributed by atoms with E-state index < -0.39 is 0 Å². The van der Waals surface area contributed by atoms with Crippen molar-refractivity contribution in [2.75, 3.05) is 4.90 Å². The first-order chi connectivity index (χ1) is 34.3. The Balaban J connectivity index is 1.16. The largest absolute Gasteiger partial charge is 0.310 e. The van der Waals surface area contributed by atoms with Crippen LogP contribution in [0.25, 0.3) is 111 Å². The third-order valence-corrected chi connectivity index (χ3v) is 14.0. The number of anilines is 3. The fourth-order valence-corrected chi connectivity index (χ4v) is 10.9. The lowest BCUT2D eigenvalue weighted by Gasteiger charge is -2.35. The summed E-state index contributed by atoms with van der Waals surface area (Å²) in [4.78, 5) is 2.36. The molecular weight excluding hydrogens is 831 g/mol. The van der Waals surface area contributed by atoms with Gasteiger partial charge < -0.3 is 4.90 Å². The van der Waals surface area contributed by atoms with Crippen LogP contribution in [0, 0.1) is 0 Å². The Bertz CT molecular complexity index is 3690. The Morgan fingerprint density at radius 1 is 0.188 bits per heavy atom. The number of fused-ring (bicyclic) bond motifs is 6. The first kappa shape index (κ1) is 40.3. The second-order valence-corrected chi connectivity index (χ2v) is 17.9. The highest BCUT2D eigenvalue weighted by Gasteiger charge is 2.36. The number of benzene rings is 12. The molecule has 69 heavy (non-hydrogen) atoms. The molecule has 0 atom stereocenters. The molecule has 0 N–H and O–H groups in total. The third kappa shape index (κ3) is 6.86. The Labute approximate surface area is 403 Å². The summed E-state index contributed by atoms with van der Waals surface area (Å²) in [6, 6.07) is 100.0. The fourth-order valence-electron chi connectivity index (χ4n) is 10.9. The standard InChI is InChI=1S/C68H45N/c1-7-23-46(24-8-1)55-37-21-38-56(47-25-9-2-10-26-47)63(55)65-59-35-19-20-36-60(59)66(64-57(48-27-11-3-12-28-48)39-22-40-58(64)49-29-13-4-14-30-49)68-62-45-51-43-54(42-41-50(51)44-61(62)67(65)68)69(52-31-15-5-16-32-52)53-33-17-6-18-34-53/h1-45H. The van der Waals surface area contributed by atoms with E-state index in [4.69, 9.17) is 0 Å². The topological polar surface area (TPSA) is 3.24 Å². The molecule has 0 spiro atoms. The van der Waals surface area contributed by atoms with Gasteiger partial charge in [0.25, 0.3) is 0 Å². The van der Waals surface area contributed by atoms with Gasteiger partial charge in [-0.1, -0.05) is 224 Å². The molecular formula is C68H45N. The minimum Gasteiger partial charge on any atom is -0.310 e. The van der Waals surface area contributed by atoms with Crippen molar-refractivity contribution in [3.8, 4) is 89.0 Å². The zero-order chi connectivity index (χ0) is 45.7. The van der Waals surface area contributed by atoms with Crippen molar-refractivity contribution in [3.05, 3.63) is 273 Å². The minimum absolute atomic E-state index is 1.11. The van der Waals surface area contributed by atoms with E-state index >= 15 is 0 Å². The number of hydrogen-bond acceptors (Lipinski definition) is 1. The Kier molecular flexibility index (Phi) is 9.91. The summed E-state index contributed by atoms with van der Waals surface area (Å²) in [5.74, 6) is 0. The molecule has 13 rings (SSSR count). The second kappa shape index (κ2) is 17.0. The van der Waals surface area contributed by atoms with Crippen molar-refractivity contribution < 1.29 is 0 Å². The van der Waals surface area contributed by atoms with Gasteiger partial charge in [0.2, 0.25) is 0 Å². The number of rotatable bonds is 9. The molecule has 0 heterocycles. The Hall–Kier alpha value is -9.04. The first-order valence-corrected chi connectivity index (χ1v) is 23.8. The maximum atomic E-state index is 2.47. The molecule has 12 aromatic carbocycles. The molecule has 0 fully saturated rings. The quantitative estimate of drug-likeness (QED) is 0.140. The highest BCUT2D eigenvalue weighted by atomic mass is 15.1. The summed E-state index contributed by atoms with van der Waals surface area (Å²) >= 11 is 0. The lowest BCUT2D eigenvalue weighted by atomic mass is 9.67. The fraction of sp³-hybridized carbons (Fsp3) is 0. The number of para-hydroxylation sites is 2. The highest BCUT2D eigenvalue weighted by molar-refractivity contribution is 6.29. The molecule has 12 aromatic rings. The van der Waals surface area contributed by atoms with E-state index in [1.807, 2.05) is 0 Å². The van der Waals surface area contributed by atoms with Crippen molar-refractivity contribution in [3.63, 3.8) is 0 Å². The van der Waals surface area contributed by atoms with Crippen LogP contribution in [0.3, 0.4) is 0 Å². The Morgan fingerprint density at radius 2 is 0.522 bits per heavy atom. The molecule has 1 nitrogen and oxygen atoms in total. The summed E-state index contributed by atoms with van der Waals surface area (Å²) < 4.78 is 0. The van der Waals surface area contributed by atoms with Crippen molar-refractivity contribution in [2.45, 2.75) is 0 Å². The van der Waals surface area contributed by atoms with Crippen LogP contribution in [0.4, 0.5) is 17.1 Å². The highest BCUT2D eigenvalue weighted by Crippen LogP contribution is 2.63. The molecule has 0 saturated heterocycles. The molecule has 1 heteroatoms.